The lowest BCUT2D eigenvalue weighted by molar-refractivity contribution is -0.152. The van der Waals surface area contributed by atoms with Crippen molar-refractivity contribution >= 4 is 35.5 Å². The molecule has 2 unspecified atom stereocenters. The summed E-state index contributed by atoms with van der Waals surface area (Å²) in [7, 11) is 3.00. The Morgan fingerprint density at radius 3 is 2.46 bits per heavy atom. The van der Waals surface area contributed by atoms with Crippen molar-refractivity contribution in [3.05, 3.63) is 47.2 Å². The monoisotopic (exact) mass is 405 g/mol. The number of aliphatic hydroxyl groups is 1. The second-order valence-electron chi connectivity index (χ2n) is 6.54. The van der Waals surface area contributed by atoms with Crippen molar-refractivity contribution in [3.8, 4) is 0 Å². The van der Waals surface area contributed by atoms with Crippen molar-refractivity contribution in [2.24, 2.45) is 0 Å². The van der Waals surface area contributed by atoms with Crippen LogP contribution in [-0.2, 0) is 19.2 Å². The van der Waals surface area contributed by atoms with Crippen LogP contribution in [0, 0.1) is 0 Å². The third-order valence-electron chi connectivity index (χ3n) is 4.50. The SMILES string of the molecule is CN(C)C(=O)C1=C(C(=O)O)N2C(=O)C(NC(=O)C(O)c3ccccc3)[C@@H]2SC1. The highest BCUT2D eigenvalue weighted by Gasteiger charge is 2.55. The largest absolute Gasteiger partial charge is 0.477 e. The average molecular weight is 405 g/mol. The summed E-state index contributed by atoms with van der Waals surface area (Å²) in [4.78, 5) is 51.1. The summed E-state index contributed by atoms with van der Waals surface area (Å²) in [6.07, 6.45) is -1.45. The minimum absolute atomic E-state index is 0.0289. The molecule has 3 atom stereocenters. The number of carbonyl (C=O) groups excluding carboxylic acids is 3. The van der Waals surface area contributed by atoms with Crippen molar-refractivity contribution in [1.82, 2.24) is 15.1 Å². The molecule has 2 aliphatic heterocycles. The number of hydrogen-bond donors (Lipinski definition) is 3. The Hall–Kier alpha value is -2.85. The summed E-state index contributed by atoms with van der Waals surface area (Å²) in [5, 5.41) is 21.5. The maximum absolute atomic E-state index is 12.5. The molecule has 1 aromatic carbocycles. The molecule has 0 spiro atoms. The number of carboxylic acid groups (broad SMARTS) is 1. The molecule has 28 heavy (non-hydrogen) atoms. The van der Waals surface area contributed by atoms with Crippen molar-refractivity contribution in [2.45, 2.75) is 17.5 Å². The Bertz CT molecular complexity index is 869. The Balaban J connectivity index is 1.78. The highest BCUT2D eigenvalue weighted by molar-refractivity contribution is 8.00. The zero-order valence-electron chi connectivity index (χ0n) is 15.2. The van der Waals surface area contributed by atoms with E-state index in [1.165, 1.54) is 30.8 Å². The van der Waals surface area contributed by atoms with E-state index in [1.807, 2.05) is 0 Å². The van der Waals surface area contributed by atoms with Crippen LogP contribution in [0.5, 0.6) is 0 Å². The standard InChI is InChI=1S/C18H19N3O6S/c1-20(2)15(24)10-8-28-17-11(16(25)21(17)12(10)18(26)27)19-14(23)13(22)9-6-4-3-5-7-9/h3-7,11,13,17,22H,8H2,1-2H3,(H,19,23)(H,26,27)/t11?,13?,17-/m0/s1. The van der Waals surface area contributed by atoms with Crippen molar-refractivity contribution in [1.29, 1.82) is 0 Å². The van der Waals surface area contributed by atoms with Gasteiger partial charge in [-0.1, -0.05) is 30.3 Å². The lowest BCUT2D eigenvalue weighted by Gasteiger charge is -2.49. The Labute approximate surface area is 165 Å². The number of nitrogens with one attached hydrogen (secondary N) is 1. The van der Waals surface area contributed by atoms with E-state index < -0.39 is 41.2 Å². The number of likely N-dealkylation sites (N-methyl/N-ethyl adjacent to an activating group) is 1. The van der Waals surface area contributed by atoms with Gasteiger partial charge in [0.2, 0.25) is 0 Å². The lowest BCUT2D eigenvalue weighted by Crippen LogP contribution is -2.71. The predicted octanol–water partition coefficient (Wildman–Crippen LogP) is -0.453. The molecule has 1 fully saturated rings. The molecule has 10 heteroatoms. The van der Waals surface area contributed by atoms with Crippen molar-refractivity contribution in [2.75, 3.05) is 19.8 Å². The Morgan fingerprint density at radius 1 is 1.25 bits per heavy atom. The number of hydrogen-bond acceptors (Lipinski definition) is 6. The van der Waals surface area contributed by atoms with Gasteiger partial charge in [0, 0.05) is 19.8 Å². The second kappa shape index (κ2) is 7.64. The normalized spacial score (nSPS) is 22.1. The fourth-order valence-corrected chi connectivity index (χ4v) is 4.40. The van der Waals surface area contributed by atoms with E-state index in [0.717, 1.165) is 4.90 Å². The van der Waals surface area contributed by atoms with Gasteiger partial charge in [-0.3, -0.25) is 19.3 Å². The van der Waals surface area contributed by atoms with Gasteiger partial charge < -0.3 is 20.4 Å². The molecule has 3 rings (SSSR count). The van der Waals surface area contributed by atoms with Gasteiger partial charge in [0.1, 0.15) is 17.1 Å². The van der Waals surface area contributed by atoms with E-state index in [1.54, 1.807) is 30.3 Å². The molecule has 0 aliphatic carbocycles. The molecular formula is C18H19N3O6S. The lowest BCUT2D eigenvalue weighted by atomic mass is 10.0. The summed E-state index contributed by atoms with van der Waals surface area (Å²) < 4.78 is 0. The number of benzene rings is 1. The molecular weight excluding hydrogens is 386 g/mol. The molecule has 3 N–H and O–H groups in total. The summed E-state index contributed by atoms with van der Waals surface area (Å²) >= 11 is 1.19. The molecule has 2 aliphatic rings. The number of fused-ring (bicyclic) bond motifs is 1. The number of rotatable bonds is 5. The Morgan fingerprint density at radius 2 is 1.89 bits per heavy atom. The first-order chi connectivity index (χ1) is 13.2. The van der Waals surface area contributed by atoms with Gasteiger partial charge in [0.25, 0.3) is 17.7 Å². The minimum atomic E-state index is -1.45. The summed E-state index contributed by atoms with van der Waals surface area (Å²) in [5.41, 5.74) is 0.0488. The van der Waals surface area contributed by atoms with E-state index in [4.69, 9.17) is 0 Å². The first-order valence-electron chi connectivity index (χ1n) is 8.40. The number of carbonyl (C=O) groups is 4. The van der Waals surface area contributed by atoms with Gasteiger partial charge in [-0.2, -0.15) is 0 Å². The molecule has 3 amide bonds. The van der Waals surface area contributed by atoms with Gasteiger partial charge in [-0.25, -0.2) is 4.79 Å². The van der Waals surface area contributed by atoms with E-state index in [-0.39, 0.29) is 17.0 Å². The fourth-order valence-electron chi connectivity index (χ4n) is 3.07. The van der Waals surface area contributed by atoms with E-state index in [9.17, 15) is 29.4 Å². The van der Waals surface area contributed by atoms with Gasteiger partial charge in [-0.05, 0) is 5.56 Å². The van der Waals surface area contributed by atoms with Crippen LogP contribution in [-0.4, -0.2) is 75.0 Å². The molecule has 1 saturated heterocycles. The van der Waals surface area contributed by atoms with Crippen LogP contribution in [0.15, 0.2) is 41.6 Å². The number of nitrogens with zero attached hydrogens (tertiary/aromatic N) is 2. The maximum Gasteiger partial charge on any atom is 0.353 e. The third kappa shape index (κ3) is 3.36. The minimum Gasteiger partial charge on any atom is -0.477 e. The van der Waals surface area contributed by atoms with Crippen molar-refractivity contribution in [3.63, 3.8) is 0 Å². The summed E-state index contributed by atoms with van der Waals surface area (Å²) in [5.74, 6) is -3.14. The highest BCUT2D eigenvalue weighted by atomic mass is 32.2. The molecule has 1 aromatic rings. The van der Waals surface area contributed by atoms with E-state index in [0.29, 0.717) is 5.56 Å². The molecule has 0 aromatic heterocycles. The highest BCUT2D eigenvalue weighted by Crippen LogP contribution is 2.40. The number of carboxylic acids is 1. The van der Waals surface area contributed by atoms with Crippen molar-refractivity contribution < 1.29 is 29.4 Å². The fraction of sp³-hybridized carbons (Fsp3) is 0.333. The van der Waals surface area contributed by atoms with Crippen LogP contribution in [0.2, 0.25) is 0 Å². The number of aliphatic carboxylic acids is 1. The number of thioether (sulfide) groups is 1. The van der Waals surface area contributed by atoms with E-state index >= 15 is 0 Å². The van der Waals surface area contributed by atoms with Gasteiger partial charge in [-0.15, -0.1) is 11.8 Å². The topological polar surface area (TPSA) is 127 Å². The number of aliphatic hydroxyl groups excluding tert-OH is 1. The zero-order valence-corrected chi connectivity index (χ0v) is 16.0. The van der Waals surface area contributed by atoms with Gasteiger partial charge in [0.05, 0.1) is 5.57 Å². The Kier molecular flexibility index (Phi) is 5.43. The van der Waals surface area contributed by atoms with Gasteiger partial charge >= 0.3 is 5.97 Å². The smallest absolute Gasteiger partial charge is 0.353 e. The molecule has 0 bridgehead atoms. The molecule has 2 heterocycles. The van der Waals surface area contributed by atoms with Crippen LogP contribution in [0.3, 0.4) is 0 Å². The van der Waals surface area contributed by atoms with Crippen LogP contribution >= 0.6 is 11.8 Å². The summed E-state index contributed by atoms with van der Waals surface area (Å²) in [6.45, 7) is 0. The van der Waals surface area contributed by atoms with Crippen LogP contribution in [0.25, 0.3) is 0 Å². The van der Waals surface area contributed by atoms with Gasteiger partial charge in [0.15, 0.2) is 6.10 Å². The maximum atomic E-state index is 12.5. The third-order valence-corrected chi connectivity index (χ3v) is 5.78. The first kappa shape index (κ1) is 19.9. The summed E-state index contributed by atoms with van der Waals surface area (Å²) in [6, 6.07) is 7.28. The first-order valence-corrected chi connectivity index (χ1v) is 9.45. The molecule has 9 nitrogen and oxygen atoms in total. The molecule has 0 saturated carbocycles. The number of β-lactam (4-membered cyclic amide) rings is 1. The quantitative estimate of drug-likeness (QED) is 0.566. The average Bonchev–Trinajstić information content (AvgIpc) is 2.69. The van der Waals surface area contributed by atoms with E-state index in [2.05, 4.69) is 5.32 Å². The van der Waals surface area contributed by atoms with Crippen LogP contribution in [0.4, 0.5) is 0 Å². The predicted molar refractivity (Wildman–Crippen MR) is 99.8 cm³/mol. The second-order valence-corrected chi connectivity index (χ2v) is 7.65. The zero-order chi connectivity index (χ0) is 20.6. The number of amides is 3. The molecule has 148 valence electrons. The molecule has 0 radical (unpaired) electrons. The van der Waals surface area contributed by atoms with Crippen LogP contribution in [0.1, 0.15) is 11.7 Å². The van der Waals surface area contributed by atoms with Crippen LogP contribution < -0.4 is 5.32 Å².